The van der Waals surface area contributed by atoms with Crippen LogP contribution in [0.25, 0.3) is 0 Å². The van der Waals surface area contributed by atoms with E-state index in [0.29, 0.717) is 11.7 Å². The molecule has 1 heterocycles. The van der Waals surface area contributed by atoms with Gasteiger partial charge in [-0.25, -0.2) is 4.79 Å². The second-order valence-electron chi connectivity index (χ2n) is 5.26. The number of hydrogen-bond acceptors (Lipinski definition) is 4. The molecule has 6 heteroatoms. The van der Waals surface area contributed by atoms with Crippen LogP contribution in [-0.4, -0.2) is 34.5 Å². The second-order valence-corrected chi connectivity index (χ2v) is 5.26. The first-order valence-electron chi connectivity index (χ1n) is 7.36. The van der Waals surface area contributed by atoms with E-state index in [4.69, 9.17) is 5.11 Å². The quantitative estimate of drug-likeness (QED) is 0.888. The minimum atomic E-state index is -0.339. The van der Waals surface area contributed by atoms with Crippen LogP contribution < -0.4 is 10.2 Å². The third kappa shape index (κ3) is 3.40. The van der Waals surface area contributed by atoms with Crippen molar-refractivity contribution in [1.82, 2.24) is 10.2 Å². The molecule has 3 rings (SSSR count). The molecule has 2 aromatic rings. The standard InChI is InChI=1S/C16H18N4O2/c21-11-10-20(13-4-2-1-3-5-13)16(22)17-15-9-8-14(18-19-15)12-6-7-12/h1-5,8-9,12,21H,6-7,10-11H2,(H,17,19,22). The maximum atomic E-state index is 12.4. The molecule has 114 valence electrons. The van der Waals surface area contributed by atoms with Gasteiger partial charge in [-0.3, -0.25) is 10.2 Å². The first-order valence-corrected chi connectivity index (χ1v) is 7.36. The van der Waals surface area contributed by atoms with Crippen LogP contribution in [0.1, 0.15) is 24.5 Å². The van der Waals surface area contributed by atoms with Gasteiger partial charge in [0.1, 0.15) is 0 Å². The molecule has 1 fully saturated rings. The normalized spacial score (nSPS) is 13.7. The molecule has 2 amide bonds. The van der Waals surface area contributed by atoms with Crippen LogP contribution in [-0.2, 0) is 0 Å². The zero-order chi connectivity index (χ0) is 15.4. The van der Waals surface area contributed by atoms with Crippen LogP contribution in [0, 0.1) is 0 Å². The Morgan fingerprint density at radius 1 is 1.18 bits per heavy atom. The molecular weight excluding hydrogens is 280 g/mol. The number of rotatable bonds is 5. The lowest BCUT2D eigenvalue weighted by atomic mass is 10.3. The average Bonchev–Trinajstić information content (AvgIpc) is 3.39. The number of urea groups is 1. The highest BCUT2D eigenvalue weighted by Crippen LogP contribution is 2.38. The Morgan fingerprint density at radius 2 is 1.95 bits per heavy atom. The van der Waals surface area contributed by atoms with Crippen molar-refractivity contribution in [2.75, 3.05) is 23.4 Å². The number of benzene rings is 1. The molecule has 2 N–H and O–H groups in total. The number of aliphatic hydroxyl groups excluding tert-OH is 1. The highest BCUT2D eigenvalue weighted by molar-refractivity contribution is 6.01. The van der Waals surface area contributed by atoms with Gasteiger partial charge in [-0.05, 0) is 37.1 Å². The van der Waals surface area contributed by atoms with Crippen molar-refractivity contribution in [2.24, 2.45) is 0 Å². The summed E-state index contributed by atoms with van der Waals surface area (Å²) >= 11 is 0. The maximum absolute atomic E-state index is 12.4. The molecule has 0 saturated heterocycles. The van der Waals surface area contributed by atoms with Crippen LogP contribution in [0.2, 0.25) is 0 Å². The molecule has 1 saturated carbocycles. The molecule has 1 aromatic heterocycles. The van der Waals surface area contributed by atoms with Gasteiger partial charge in [0.25, 0.3) is 0 Å². The van der Waals surface area contributed by atoms with E-state index < -0.39 is 0 Å². The van der Waals surface area contributed by atoms with Gasteiger partial charge in [-0.1, -0.05) is 18.2 Å². The van der Waals surface area contributed by atoms with Crippen LogP contribution in [0.5, 0.6) is 0 Å². The molecule has 0 aliphatic heterocycles. The van der Waals surface area contributed by atoms with Gasteiger partial charge < -0.3 is 5.11 Å². The molecule has 1 aliphatic rings. The molecule has 6 nitrogen and oxygen atoms in total. The van der Waals surface area contributed by atoms with E-state index in [1.165, 1.54) is 17.7 Å². The highest BCUT2D eigenvalue weighted by atomic mass is 16.3. The highest BCUT2D eigenvalue weighted by Gasteiger charge is 2.25. The lowest BCUT2D eigenvalue weighted by molar-refractivity contribution is 0.252. The lowest BCUT2D eigenvalue weighted by Crippen LogP contribution is -2.37. The molecule has 0 atom stereocenters. The lowest BCUT2D eigenvalue weighted by Gasteiger charge is -2.21. The van der Waals surface area contributed by atoms with Crippen molar-refractivity contribution < 1.29 is 9.90 Å². The van der Waals surface area contributed by atoms with E-state index in [-0.39, 0.29) is 19.2 Å². The molecule has 0 radical (unpaired) electrons. The molecule has 0 bridgehead atoms. The van der Waals surface area contributed by atoms with E-state index >= 15 is 0 Å². The average molecular weight is 298 g/mol. The predicted octanol–water partition coefficient (Wildman–Crippen LogP) is 2.38. The summed E-state index contributed by atoms with van der Waals surface area (Å²) in [6, 6.07) is 12.5. The van der Waals surface area contributed by atoms with Crippen LogP contribution in [0.15, 0.2) is 42.5 Å². The van der Waals surface area contributed by atoms with E-state index in [0.717, 1.165) is 11.4 Å². The number of carbonyl (C=O) groups excluding carboxylic acids is 1. The fourth-order valence-corrected chi connectivity index (χ4v) is 2.24. The number of amides is 2. The van der Waals surface area contributed by atoms with Crippen LogP contribution >= 0.6 is 0 Å². The summed E-state index contributed by atoms with van der Waals surface area (Å²) in [7, 11) is 0. The molecule has 22 heavy (non-hydrogen) atoms. The van der Waals surface area contributed by atoms with Crippen molar-refractivity contribution in [3.63, 3.8) is 0 Å². The summed E-state index contributed by atoms with van der Waals surface area (Å²) in [4.78, 5) is 13.8. The van der Waals surface area contributed by atoms with Crippen molar-refractivity contribution in [3.8, 4) is 0 Å². The Bertz CT molecular complexity index is 626. The Kier molecular flexibility index (Phi) is 4.29. The number of nitrogens with one attached hydrogen (secondary N) is 1. The van der Waals surface area contributed by atoms with Gasteiger partial charge >= 0.3 is 6.03 Å². The van der Waals surface area contributed by atoms with E-state index in [2.05, 4.69) is 15.5 Å². The van der Waals surface area contributed by atoms with Crippen LogP contribution in [0.3, 0.4) is 0 Å². The van der Waals surface area contributed by atoms with E-state index in [9.17, 15) is 4.79 Å². The molecule has 1 aromatic carbocycles. The van der Waals surface area contributed by atoms with E-state index in [1.807, 2.05) is 36.4 Å². The summed E-state index contributed by atoms with van der Waals surface area (Å²) in [6.07, 6.45) is 2.33. The zero-order valence-corrected chi connectivity index (χ0v) is 12.1. The predicted molar refractivity (Wildman–Crippen MR) is 83.9 cm³/mol. The van der Waals surface area contributed by atoms with Gasteiger partial charge in [0.2, 0.25) is 0 Å². The minimum absolute atomic E-state index is 0.116. The van der Waals surface area contributed by atoms with Crippen molar-refractivity contribution in [2.45, 2.75) is 18.8 Å². The topological polar surface area (TPSA) is 78.4 Å². The summed E-state index contributed by atoms with van der Waals surface area (Å²) in [6.45, 7) is 0.0953. The summed E-state index contributed by atoms with van der Waals surface area (Å²) in [5.41, 5.74) is 1.70. The number of anilines is 2. The van der Waals surface area contributed by atoms with Gasteiger partial charge in [-0.15, -0.1) is 5.10 Å². The fraction of sp³-hybridized carbons (Fsp3) is 0.312. The van der Waals surface area contributed by atoms with Crippen LogP contribution in [0.4, 0.5) is 16.3 Å². The number of nitrogens with zero attached hydrogens (tertiary/aromatic N) is 3. The van der Waals surface area contributed by atoms with E-state index in [1.54, 1.807) is 6.07 Å². The molecule has 1 aliphatic carbocycles. The Balaban J connectivity index is 1.70. The Hall–Kier alpha value is -2.47. The Labute approximate surface area is 128 Å². The SMILES string of the molecule is O=C(Nc1ccc(C2CC2)nn1)N(CCO)c1ccccc1. The van der Waals surface area contributed by atoms with Gasteiger partial charge in [0, 0.05) is 11.6 Å². The smallest absolute Gasteiger partial charge is 0.327 e. The largest absolute Gasteiger partial charge is 0.395 e. The minimum Gasteiger partial charge on any atom is -0.395 e. The second kappa shape index (κ2) is 6.53. The van der Waals surface area contributed by atoms with Gasteiger partial charge in [0.15, 0.2) is 5.82 Å². The summed E-state index contributed by atoms with van der Waals surface area (Å²) in [5.74, 6) is 0.945. The third-order valence-electron chi connectivity index (χ3n) is 3.55. The monoisotopic (exact) mass is 298 g/mol. The molecular formula is C16H18N4O2. The summed E-state index contributed by atoms with van der Waals surface area (Å²) in [5, 5.41) is 20.1. The zero-order valence-electron chi connectivity index (χ0n) is 12.1. The van der Waals surface area contributed by atoms with Crippen molar-refractivity contribution >= 4 is 17.5 Å². The number of aliphatic hydroxyl groups is 1. The van der Waals surface area contributed by atoms with Crippen molar-refractivity contribution in [1.29, 1.82) is 0 Å². The molecule has 0 unspecified atom stereocenters. The maximum Gasteiger partial charge on any atom is 0.327 e. The number of carbonyl (C=O) groups is 1. The number of hydrogen-bond donors (Lipinski definition) is 2. The molecule has 0 spiro atoms. The summed E-state index contributed by atoms with van der Waals surface area (Å²) < 4.78 is 0. The Morgan fingerprint density at radius 3 is 2.55 bits per heavy atom. The van der Waals surface area contributed by atoms with Gasteiger partial charge in [-0.2, -0.15) is 5.10 Å². The third-order valence-corrected chi connectivity index (χ3v) is 3.55. The van der Waals surface area contributed by atoms with Crippen molar-refractivity contribution in [3.05, 3.63) is 48.2 Å². The first-order chi connectivity index (χ1) is 10.8. The first kappa shape index (κ1) is 14.5. The number of aromatic nitrogens is 2. The van der Waals surface area contributed by atoms with Gasteiger partial charge in [0.05, 0.1) is 18.8 Å². The fourth-order valence-electron chi connectivity index (χ4n) is 2.24. The number of para-hydroxylation sites is 1.